The number of aryl methyl sites for hydroxylation is 1. The summed E-state index contributed by atoms with van der Waals surface area (Å²) in [5.41, 5.74) is 2.41. The molecule has 2 aromatic carbocycles. The molecule has 0 spiro atoms. The minimum atomic E-state index is -0.0514. The van der Waals surface area contributed by atoms with Crippen molar-refractivity contribution in [3.05, 3.63) is 63.6 Å². The maximum absolute atomic E-state index is 12.3. The minimum Gasteiger partial charge on any atom is -0.508 e. The first-order chi connectivity index (χ1) is 8.61. The van der Waals surface area contributed by atoms with Gasteiger partial charge in [-0.3, -0.25) is 4.79 Å². The van der Waals surface area contributed by atoms with Gasteiger partial charge in [0.15, 0.2) is 5.78 Å². The fraction of sp³-hybridized carbons (Fsp3) is 0.133. The van der Waals surface area contributed by atoms with Crippen molar-refractivity contribution in [1.29, 1.82) is 0 Å². The Morgan fingerprint density at radius 2 is 1.83 bits per heavy atom. The van der Waals surface area contributed by atoms with Crippen LogP contribution < -0.4 is 0 Å². The Kier molecular flexibility index (Phi) is 3.82. The van der Waals surface area contributed by atoms with E-state index in [9.17, 15) is 9.90 Å². The first-order valence-corrected chi connectivity index (χ1v) is 6.53. The van der Waals surface area contributed by atoms with E-state index >= 15 is 0 Å². The number of carbonyl (C=O) groups is 1. The van der Waals surface area contributed by atoms with Gasteiger partial charge in [0, 0.05) is 15.6 Å². The zero-order valence-corrected chi connectivity index (χ0v) is 11.6. The van der Waals surface area contributed by atoms with Crippen molar-refractivity contribution in [2.75, 3.05) is 0 Å². The average Bonchev–Trinajstić information content (AvgIpc) is 2.38. The quantitative estimate of drug-likeness (QED) is 0.872. The molecule has 0 radical (unpaired) electrons. The van der Waals surface area contributed by atoms with Crippen molar-refractivity contribution in [3.63, 3.8) is 0 Å². The van der Waals surface area contributed by atoms with Gasteiger partial charge in [0.1, 0.15) is 5.75 Å². The van der Waals surface area contributed by atoms with Crippen LogP contribution in [0, 0.1) is 0 Å². The number of hydrogen-bond donors (Lipinski definition) is 1. The van der Waals surface area contributed by atoms with Crippen molar-refractivity contribution in [1.82, 2.24) is 0 Å². The normalized spacial score (nSPS) is 10.3. The third kappa shape index (κ3) is 2.62. The highest BCUT2D eigenvalue weighted by Gasteiger charge is 2.12. The van der Waals surface area contributed by atoms with Gasteiger partial charge < -0.3 is 5.11 Å². The highest BCUT2D eigenvalue weighted by atomic mass is 79.9. The van der Waals surface area contributed by atoms with E-state index in [1.807, 2.05) is 24.3 Å². The van der Waals surface area contributed by atoms with Crippen molar-refractivity contribution < 1.29 is 9.90 Å². The lowest BCUT2D eigenvalue weighted by atomic mass is 10.0. The summed E-state index contributed by atoms with van der Waals surface area (Å²) in [4.78, 5) is 12.3. The van der Waals surface area contributed by atoms with Crippen molar-refractivity contribution in [2.45, 2.75) is 13.3 Å². The number of halogens is 1. The number of phenols is 1. The summed E-state index contributed by atoms with van der Waals surface area (Å²) in [5.74, 6) is 0.0873. The standard InChI is InChI=1S/C15H13BrO2/c1-2-10-3-5-11(6-4-10)15(18)13-8-7-12(17)9-14(13)16/h3-9,17H,2H2,1H3. The molecule has 0 heterocycles. The third-order valence-electron chi connectivity index (χ3n) is 2.82. The molecule has 0 saturated carbocycles. The number of aromatic hydroxyl groups is 1. The van der Waals surface area contributed by atoms with E-state index in [2.05, 4.69) is 22.9 Å². The molecule has 0 aliphatic rings. The van der Waals surface area contributed by atoms with Crippen LogP contribution in [0.15, 0.2) is 46.9 Å². The molecule has 3 heteroatoms. The van der Waals surface area contributed by atoms with Gasteiger partial charge in [0.2, 0.25) is 0 Å². The van der Waals surface area contributed by atoms with Gasteiger partial charge in [0.25, 0.3) is 0 Å². The van der Waals surface area contributed by atoms with Gasteiger partial charge in [-0.25, -0.2) is 0 Å². The largest absolute Gasteiger partial charge is 0.508 e. The molecule has 18 heavy (non-hydrogen) atoms. The predicted molar refractivity (Wildman–Crippen MR) is 75.1 cm³/mol. The lowest BCUT2D eigenvalue weighted by Crippen LogP contribution is -2.02. The molecule has 2 nitrogen and oxygen atoms in total. The maximum Gasteiger partial charge on any atom is 0.194 e. The molecular formula is C15H13BrO2. The molecule has 92 valence electrons. The molecule has 0 bridgehead atoms. The number of rotatable bonds is 3. The summed E-state index contributed by atoms with van der Waals surface area (Å²) in [7, 11) is 0. The molecule has 0 fully saturated rings. The van der Waals surface area contributed by atoms with Gasteiger partial charge in [-0.05, 0) is 46.1 Å². The molecule has 0 unspecified atom stereocenters. The number of ketones is 1. The molecule has 0 amide bonds. The zero-order chi connectivity index (χ0) is 13.1. The second-order valence-corrected chi connectivity index (χ2v) is 4.90. The lowest BCUT2D eigenvalue weighted by Gasteiger charge is -2.05. The van der Waals surface area contributed by atoms with E-state index in [1.54, 1.807) is 6.07 Å². The van der Waals surface area contributed by atoms with Crippen LogP contribution >= 0.6 is 15.9 Å². The monoisotopic (exact) mass is 304 g/mol. The van der Waals surface area contributed by atoms with Crippen LogP contribution in [-0.2, 0) is 6.42 Å². The van der Waals surface area contributed by atoms with E-state index in [1.165, 1.54) is 17.7 Å². The Balaban J connectivity index is 2.35. The van der Waals surface area contributed by atoms with Crippen molar-refractivity contribution >= 4 is 21.7 Å². The molecule has 0 aromatic heterocycles. The van der Waals surface area contributed by atoms with Crippen LogP contribution in [0.2, 0.25) is 0 Å². The first kappa shape index (κ1) is 12.8. The highest BCUT2D eigenvalue weighted by Crippen LogP contribution is 2.24. The Bertz CT molecular complexity index is 574. The van der Waals surface area contributed by atoms with Gasteiger partial charge in [-0.15, -0.1) is 0 Å². The van der Waals surface area contributed by atoms with E-state index in [-0.39, 0.29) is 11.5 Å². The van der Waals surface area contributed by atoms with E-state index in [4.69, 9.17) is 0 Å². The molecule has 2 rings (SSSR count). The SMILES string of the molecule is CCc1ccc(C(=O)c2ccc(O)cc2Br)cc1. The van der Waals surface area contributed by atoms with Crippen LogP contribution in [0.4, 0.5) is 0 Å². The van der Waals surface area contributed by atoms with Gasteiger partial charge in [-0.1, -0.05) is 31.2 Å². The summed E-state index contributed by atoms with van der Waals surface area (Å²) < 4.78 is 0.604. The smallest absolute Gasteiger partial charge is 0.194 e. The average molecular weight is 305 g/mol. The number of hydrogen-bond acceptors (Lipinski definition) is 2. The molecule has 1 N–H and O–H groups in total. The Hall–Kier alpha value is -1.61. The van der Waals surface area contributed by atoms with Crippen molar-refractivity contribution in [3.8, 4) is 5.75 Å². The van der Waals surface area contributed by atoms with Crippen LogP contribution in [0.3, 0.4) is 0 Å². The Morgan fingerprint density at radius 1 is 1.17 bits per heavy atom. The number of phenolic OH excluding ortho intramolecular Hbond substituents is 1. The van der Waals surface area contributed by atoms with Crippen LogP contribution in [0.25, 0.3) is 0 Å². The van der Waals surface area contributed by atoms with E-state index < -0.39 is 0 Å². The molecule has 0 aliphatic carbocycles. The molecule has 0 saturated heterocycles. The lowest BCUT2D eigenvalue weighted by molar-refractivity contribution is 0.103. The van der Waals surface area contributed by atoms with Crippen LogP contribution in [0.5, 0.6) is 5.75 Å². The third-order valence-corrected chi connectivity index (χ3v) is 3.48. The van der Waals surface area contributed by atoms with E-state index in [0.29, 0.717) is 15.6 Å². The molecule has 0 aliphatic heterocycles. The second-order valence-electron chi connectivity index (χ2n) is 4.04. The minimum absolute atomic E-state index is 0.0514. The fourth-order valence-corrected chi connectivity index (χ4v) is 2.28. The summed E-state index contributed by atoms with van der Waals surface area (Å²) in [6.45, 7) is 2.08. The summed E-state index contributed by atoms with van der Waals surface area (Å²) >= 11 is 3.29. The van der Waals surface area contributed by atoms with Crippen molar-refractivity contribution in [2.24, 2.45) is 0 Å². The Morgan fingerprint density at radius 3 is 2.39 bits per heavy atom. The first-order valence-electron chi connectivity index (χ1n) is 5.74. The van der Waals surface area contributed by atoms with Crippen LogP contribution in [0.1, 0.15) is 28.4 Å². The maximum atomic E-state index is 12.3. The van der Waals surface area contributed by atoms with E-state index in [0.717, 1.165) is 6.42 Å². The second kappa shape index (κ2) is 5.36. The van der Waals surface area contributed by atoms with Gasteiger partial charge in [0.05, 0.1) is 0 Å². The summed E-state index contributed by atoms with van der Waals surface area (Å²) in [6, 6.07) is 12.2. The number of benzene rings is 2. The van der Waals surface area contributed by atoms with Gasteiger partial charge >= 0.3 is 0 Å². The molecular weight excluding hydrogens is 292 g/mol. The predicted octanol–water partition coefficient (Wildman–Crippen LogP) is 3.95. The summed E-state index contributed by atoms with van der Waals surface area (Å²) in [6.07, 6.45) is 0.956. The summed E-state index contributed by atoms with van der Waals surface area (Å²) in [5, 5.41) is 9.32. The fourth-order valence-electron chi connectivity index (χ4n) is 1.74. The zero-order valence-electron chi connectivity index (χ0n) is 9.98. The number of carbonyl (C=O) groups excluding carboxylic acids is 1. The van der Waals surface area contributed by atoms with Gasteiger partial charge in [-0.2, -0.15) is 0 Å². The highest BCUT2D eigenvalue weighted by molar-refractivity contribution is 9.10. The van der Waals surface area contributed by atoms with Crippen LogP contribution in [-0.4, -0.2) is 10.9 Å². The molecule has 2 aromatic rings. The topological polar surface area (TPSA) is 37.3 Å². The molecule has 0 atom stereocenters. The Labute approximate surface area is 114 Å².